The fraction of sp³-hybridized carbons (Fsp3) is 0.350. The van der Waals surface area contributed by atoms with E-state index in [1.165, 1.54) is 11.6 Å². The molecule has 1 amide bonds. The van der Waals surface area contributed by atoms with Crippen LogP contribution in [0.4, 0.5) is 5.69 Å². The fourth-order valence-electron chi connectivity index (χ4n) is 2.52. The van der Waals surface area contributed by atoms with E-state index in [9.17, 15) is 9.59 Å². The van der Waals surface area contributed by atoms with Crippen LogP contribution in [-0.2, 0) is 27.8 Å². The maximum absolute atomic E-state index is 12.2. The first-order valence-corrected chi connectivity index (χ1v) is 8.60. The Labute approximate surface area is 153 Å². The Morgan fingerprint density at radius 3 is 2.46 bits per heavy atom. The average molecular weight is 355 g/mol. The zero-order valence-corrected chi connectivity index (χ0v) is 15.9. The van der Waals surface area contributed by atoms with Gasteiger partial charge in [0.25, 0.3) is 5.91 Å². The summed E-state index contributed by atoms with van der Waals surface area (Å²) in [5, 5.41) is 7.03. The second-order valence-electron chi connectivity index (χ2n) is 6.16. The number of nitrogens with one attached hydrogen (secondary N) is 1. The lowest BCUT2D eigenvalue weighted by Gasteiger charge is -2.12. The number of nitrogens with zero attached hydrogens (tertiary/aromatic N) is 2. The van der Waals surface area contributed by atoms with E-state index < -0.39 is 12.1 Å². The second kappa shape index (κ2) is 8.47. The van der Waals surface area contributed by atoms with E-state index in [0.29, 0.717) is 5.69 Å². The molecule has 0 aliphatic carbocycles. The van der Waals surface area contributed by atoms with Crippen molar-refractivity contribution >= 4 is 23.6 Å². The molecule has 1 N–H and O–H groups in total. The standard InChI is InChI=1S/C20H25N3O3/c1-6-16-7-9-17(10-8-16)21-20(25)15(4)26-19(24)12-11-18-13(2)22-23(5)14(18)3/h7-12,15H,6H2,1-5H3,(H,21,25)/b12-11+/t15-/m1/s1. The van der Waals surface area contributed by atoms with Gasteiger partial charge < -0.3 is 10.1 Å². The van der Waals surface area contributed by atoms with Gasteiger partial charge in [0.15, 0.2) is 6.10 Å². The first kappa shape index (κ1) is 19.4. The molecule has 0 unspecified atom stereocenters. The normalized spacial score (nSPS) is 12.2. The third-order valence-corrected chi connectivity index (χ3v) is 4.24. The lowest BCUT2D eigenvalue weighted by molar-refractivity contribution is -0.148. The predicted molar refractivity (Wildman–Crippen MR) is 102 cm³/mol. The van der Waals surface area contributed by atoms with E-state index in [0.717, 1.165) is 23.4 Å². The third kappa shape index (κ3) is 4.81. The van der Waals surface area contributed by atoms with Crippen molar-refractivity contribution in [3.63, 3.8) is 0 Å². The first-order chi connectivity index (χ1) is 12.3. The van der Waals surface area contributed by atoms with Gasteiger partial charge in [-0.2, -0.15) is 5.10 Å². The van der Waals surface area contributed by atoms with Crippen molar-refractivity contribution < 1.29 is 14.3 Å². The van der Waals surface area contributed by atoms with Gasteiger partial charge >= 0.3 is 5.97 Å². The average Bonchev–Trinajstić information content (AvgIpc) is 2.85. The lowest BCUT2D eigenvalue weighted by Crippen LogP contribution is -2.29. The molecule has 2 aromatic rings. The minimum Gasteiger partial charge on any atom is -0.449 e. The number of aryl methyl sites for hydroxylation is 3. The van der Waals surface area contributed by atoms with Crippen LogP contribution in [0.2, 0.25) is 0 Å². The van der Waals surface area contributed by atoms with Crippen LogP contribution in [0.25, 0.3) is 6.08 Å². The van der Waals surface area contributed by atoms with Crippen molar-refractivity contribution in [1.29, 1.82) is 0 Å². The molecule has 0 aliphatic heterocycles. The number of anilines is 1. The van der Waals surface area contributed by atoms with Crippen molar-refractivity contribution in [1.82, 2.24) is 9.78 Å². The number of carbonyl (C=O) groups is 2. The summed E-state index contributed by atoms with van der Waals surface area (Å²) in [7, 11) is 1.84. The van der Waals surface area contributed by atoms with Crippen LogP contribution in [0.1, 0.15) is 36.4 Å². The quantitative estimate of drug-likeness (QED) is 0.638. The number of benzene rings is 1. The molecule has 1 aromatic heterocycles. The molecular weight excluding hydrogens is 330 g/mol. The summed E-state index contributed by atoms with van der Waals surface area (Å²) >= 11 is 0. The Bertz CT molecular complexity index is 820. The highest BCUT2D eigenvalue weighted by Crippen LogP contribution is 2.14. The Morgan fingerprint density at radius 1 is 1.27 bits per heavy atom. The Morgan fingerprint density at radius 2 is 1.92 bits per heavy atom. The van der Waals surface area contributed by atoms with Crippen LogP contribution in [-0.4, -0.2) is 27.8 Å². The van der Waals surface area contributed by atoms with Gasteiger partial charge in [-0.1, -0.05) is 19.1 Å². The second-order valence-corrected chi connectivity index (χ2v) is 6.16. The topological polar surface area (TPSA) is 73.2 Å². The molecule has 0 aliphatic rings. The van der Waals surface area contributed by atoms with Crippen LogP contribution in [0.5, 0.6) is 0 Å². The smallest absolute Gasteiger partial charge is 0.331 e. The number of aromatic nitrogens is 2. The van der Waals surface area contributed by atoms with Gasteiger partial charge in [0, 0.05) is 30.1 Å². The monoisotopic (exact) mass is 355 g/mol. The van der Waals surface area contributed by atoms with Crippen molar-refractivity contribution in [2.75, 3.05) is 5.32 Å². The van der Waals surface area contributed by atoms with E-state index in [2.05, 4.69) is 17.3 Å². The lowest BCUT2D eigenvalue weighted by atomic mass is 10.1. The Kier molecular flexibility index (Phi) is 6.33. The van der Waals surface area contributed by atoms with Gasteiger partial charge in [-0.3, -0.25) is 9.48 Å². The highest BCUT2D eigenvalue weighted by molar-refractivity contribution is 5.96. The van der Waals surface area contributed by atoms with Crippen molar-refractivity contribution in [2.45, 2.75) is 40.2 Å². The SMILES string of the molecule is CCc1ccc(NC(=O)[C@@H](C)OC(=O)/C=C/c2c(C)nn(C)c2C)cc1. The minimum absolute atomic E-state index is 0.371. The van der Waals surface area contributed by atoms with Crippen LogP contribution in [0.3, 0.4) is 0 Å². The van der Waals surface area contributed by atoms with Gasteiger partial charge in [0.1, 0.15) is 0 Å². The molecule has 0 radical (unpaired) electrons. The molecule has 0 saturated heterocycles. The highest BCUT2D eigenvalue weighted by Gasteiger charge is 2.17. The van der Waals surface area contributed by atoms with Gasteiger partial charge in [0.2, 0.25) is 0 Å². The molecule has 0 bridgehead atoms. The molecule has 26 heavy (non-hydrogen) atoms. The van der Waals surface area contributed by atoms with Gasteiger partial charge in [-0.05, 0) is 51.0 Å². The van der Waals surface area contributed by atoms with E-state index in [1.54, 1.807) is 17.7 Å². The van der Waals surface area contributed by atoms with Crippen LogP contribution >= 0.6 is 0 Å². The Hall–Kier alpha value is -2.89. The van der Waals surface area contributed by atoms with Crippen molar-refractivity contribution in [3.05, 3.63) is 52.9 Å². The molecule has 6 nitrogen and oxygen atoms in total. The highest BCUT2D eigenvalue weighted by atomic mass is 16.5. The van der Waals surface area contributed by atoms with E-state index >= 15 is 0 Å². The number of hydrogen-bond acceptors (Lipinski definition) is 4. The summed E-state index contributed by atoms with van der Waals surface area (Å²) in [6.45, 7) is 7.40. The van der Waals surface area contributed by atoms with Crippen LogP contribution < -0.4 is 5.32 Å². The first-order valence-electron chi connectivity index (χ1n) is 8.60. The number of esters is 1. The summed E-state index contributed by atoms with van der Waals surface area (Å²) in [6, 6.07) is 7.57. The number of rotatable bonds is 6. The molecule has 0 fully saturated rings. The summed E-state index contributed by atoms with van der Waals surface area (Å²) in [5.41, 5.74) is 4.52. The van der Waals surface area contributed by atoms with Crippen molar-refractivity contribution in [3.8, 4) is 0 Å². The Balaban J connectivity index is 1.92. The molecule has 1 heterocycles. The summed E-state index contributed by atoms with van der Waals surface area (Å²) in [6.07, 6.45) is 3.02. The molecule has 1 atom stereocenters. The van der Waals surface area contributed by atoms with Crippen LogP contribution in [0.15, 0.2) is 30.3 Å². The largest absolute Gasteiger partial charge is 0.449 e. The minimum atomic E-state index is -0.894. The van der Waals surface area contributed by atoms with Gasteiger partial charge in [-0.15, -0.1) is 0 Å². The van der Waals surface area contributed by atoms with Gasteiger partial charge in [0.05, 0.1) is 5.69 Å². The van der Waals surface area contributed by atoms with Crippen LogP contribution in [0, 0.1) is 13.8 Å². The molecule has 2 rings (SSSR count). The maximum atomic E-state index is 12.2. The third-order valence-electron chi connectivity index (χ3n) is 4.24. The number of amides is 1. The van der Waals surface area contributed by atoms with E-state index in [-0.39, 0.29) is 5.91 Å². The molecule has 0 spiro atoms. The molecule has 1 aromatic carbocycles. The fourth-order valence-corrected chi connectivity index (χ4v) is 2.52. The number of ether oxygens (including phenoxy) is 1. The summed E-state index contributed by atoms with van der Waals surface area (Å²) in [5.74, 6) is -0.943. The number of carbonyl (C=O) groups excluding carboxylic acids is 2. The zero-order chi connectivity index (χ0) is 19.3. The summed E-state index contributed by atoms with van der Waals surface area (Å²) in [4.78, 5) is 24.1. The number of hydrogen-bond donors (Lipinski definition) is 1. The molecule has 138 valence electrons. The zero-order valence-electron chi connectivity index (χ0n) is 15.9. The molecular formula is C20H25N3O3. The van der Waals surface area contributed by atoms with E-state index in [1.807, 2.05) is 45.2 Å². The maximum Gasteiger partial charge on any atom is 0.331 e. The van der Waals surface area contributed by atoms with E-state index in [4.69, 9.17) is 4.74 Å². The van der Waals surface area contributed by atoms with Crippen molar-refractivity contribution in [2.24, 2.45) is 7.05 Å². The summed E-state index contributed by atoms with van der Waals surface area (Å²) < 4.78 is 6.92. The predicted octanol–water partition coefficient (Wildman–Crippen LogP) is 3.18. The van der Waals surface area contributed by atoms with Gasteiger partial charge in [-0.25, -0.2) is 4.79 Å². The molecule has 6 heteroatoms. The molecule has 0 saturated carbocycles.